The molecule has 0 atom stereocenters. The van der Waals surface area contributed by atoms with Gasteiger partial charge in [-0.2, -0.15) is 0 Å². The minimum absolute atomic E-state index is 0.0494. The highest BCUT2D eigenvalue weighted by Gasteiger charge is 2.12. The second kappa shape index (κ2) is 19.7. The minimum Gasteiger partial charge on any atom is -0.463 e. The Bertz CT molecular complexity index is 651. The number of hydrogen-bond donors (Lipinski definition) is 2. The molecule has 2 N–H and O–H groups in total. The Morgan fingerprint density at radius 2 is 1.09 bits per heavy atom. The Morgan fingerprint density at radius 1 is 0.667 bits per heavy atom. The third-order valence-electron chi connectivity index (χ3n) is 3.52. The van der Waals surface area contributed by atoms with Crippen LogP contribution in [0.5, 0.6) is 0 Å². The zero-order valence-electron chi connectivity index (χ0n) is 19.3. The largest absolute Gasteiger partial charge is 0.463 e. The summed E-state index contributed by atoms with van der Waals surface area (Å²) in [5.41, 5.74) is 0.286. The van der Waals surface area contributed by atoms with Gasteiger partial charge in [-0.15, -0.1) is 0 Å². The van der Waals surface area contributed by atoms with Crippen molar-refractivity contribution in [2.45, 2.75) is 33.1 Å². The maximum atomic E-state index is 11.7. The second-order valence-corrected chi connectivity index (χ2v) is 6.64. The molecular weight excluding hydrogens is 440 g/mol. The summed E-state index contributed by atoms with van der Waals surface area (Å²) >= 11 is 0. The van der Waals surface area contributed by atoms with E-state index in [2.05, 4.69) is 17.2 Å². The predicted octanol–water partition coefficient (Wildman–Crippen LogP) is -0.352. The second-order valence-electron chi connectivity index (χ2n) is 6.64. The first-order valence-electron chi connectivity index (χ1n) is 10.6. The van der Waals surface area contributed by atoms with Crippen LogP contribution in [-0.2, 0) is 47.7 Å². The number of ether oxygens (including phenoxy) is 5. The zero-order chi connectivity index (χ0) is 24.9. The van der Waals surface area contributed by atoms with Gasteiger partial charge in [-0.1, -0.05) is 13.5 Å². The molecule has 0 aromatic rings. The molecule has 0 radical (unpaired) electrons. The van der Waals surface area contributed by atoms with Crippen LogP contribution in [0.25, 0.3) is 0 Å². The molecule has 0 aliphatic heterocycles. The lowest BCUT2D eigenvalue weighted by atomic mass is 10.4. The number of nitrogens with one attached hydrogen (secondary N) is 2. The van der Waals surface area contributed by atoms with Crippen LogP contribution in [0.3, 0.4) is 0 Å². The number of carbonyl (C=O) groups is 5. The smallest absolute Gasteiger partial charge is 0.333 e. The topological polar surface area (TPSA) is 156 Å². The number of esters is 3. The van der Waals surface area contributed by atoms with Crippen molar-refractivity contribution in [2.24, 2.45) is 0 Å². The molecule has 0 heterocycles. The third kappa shape index (κ3) is 19.4. The summed E-state index contributed by atoms with van der Waals surface area (Å²) in [4.78, 5) is 57.4. The van der Waals surface area contributed by atoms with Crippen LogP contribution in [0.4, 0.5) is 0 Å². The Kier molecular flexibility index (Phi) is 17.9. The van der Waals surface area contributed by atoms with E-state index in [-0.39, 0.29) is 58.3 Å². The molecular formula is C21H34N2O10. The fourth-order valence-electron chi connectivity index (χ4n) is 1.99. The maximum Gasteiger partial charge on any atom is 0.333 e. The van der Waals surface area contributed by atoms with Crippen molar-refractivity contribution in [3.63, 3.8) is 0 Å². The van der Waals surface area contributed by atoms with Gasteiger partial charge in [0.05, 0.1) is 19.8 Å². The monoisotopic (exact) mass is 474 g/mol. The number of hydrogen-bond acceptors (Lipinski definition) is 10. The van der Waals surface area contributed by atoms with Crippen molar-refractivity contribution in [3.05, 3.63) is 12.2 Å². The molecule has 0 fully saturated rings. The quantitative estimate of drug-likeness (QED) is 0.0834. The van der Waals surface area contributed by atoms with Gasteiger partial charge < -0.3 is 34.3 Å². The van der Waals surface area contributed by atoms with E-state index in [1.165, 1.54) is 6.92 Å². The van der Waals surface area contributed by atoms with Gasteiger partial charge >= 0.3 is 17.9 Å². The molecule has 0 aromatic carbocycles. The molecule has 0 bridgehead atoms. The third-order valence-corrected chi connectivity index (χ3v) is 3.52. The molecule has 2 amide bonds. The van der Waals surface area contributed by atoms with E-state index in [4.69, 9.17) is 23.7 Å². The van der Waals surface area contributed by atoms with Crippen LogP contribution in [0.2, 0.25) is 0 Å². The van der Waals surface area contributed by atoms with Crippen LogP contribution in [0.15, 0.2) is 12.2 Å². The Hall–Kier alpha value is -2.99. The normalized spacial score (nSPS) is 10.1. The first kappa shape index (κ1) is 30.0. The maximum absolute atomic E-state index is 11.7. The van der Waals surface area contributed by atoms with Crippen molar-refractivity contribution in [1.29, 1.82) is 0 Å². The van der Waals surface area contributed by atoms with E-state index in [9.17, 15) is 24.0 Å². The van der Waals surface area contributed by atoms with E-state index in [0.29, 0.717) is 6.61 Å². The summed E-state index contributed by atoms with van der Waals surface area (Å²) in [5.74, 6) is -3.04. The zero-order valence-corrected chi connectivity index (χ0v) is 19.3. The summed E-state index contributed by atoms with van der Waals surface area (Å²) in [6.45, 7) is 8.21. The van der Waals surface area contributed by atoms with Gasteiger partial charge in [-0.25, -0.2) is 4.79 Å². The lowest BCUT2D eigenvalue weighted by Gasteiger charge is -2.08. The van der Waals surface area contributed by atoms with Gasteiger partial charge in [0.1, 0.15) is 32.7 Å². The molecule has 0 unspecified atom stereocenters. The summed E-state index contributed by atoms with van der Waals surface area (Å²) in [5, 5.41) is 4.89. The lowest BCUT2D eigenvalue weighted by Crippen LogP contribution is -2.36. The van der Waals surface area contributed by atoms with Gasteiger partial charge in [0.2, 0.25) is 11.8 Å². The average molecular weight is 475 g/mol. The molecule has 0 spiro atoms. The Balaban J connectivity index is 3.65. The van der Waals surface area contributed by atoms with E-state index < -0.39 is 42.6 Å². The van der Waals surface area contributed by atoms with Crippen LogP contribution in [-0.4, -0.2) is 89.1 Å². The van der Waals surface area contributed by atoms with E-state index in [1.807, 2.05) is 6.92 Å². The summed E-state index contributed by atoms with van der Waals surface area (Å²) < 4.78 is 24.8. The first-order valence-corrected chi connectivity index (χ1v) is 10.6. The first-order chi connectivity index (χ1) is 15.8. The lowest BCUT2D eigenvalue weighted by molar-refractivity contribution is -0.149. The van der Waals surface area contributed by atoms with Crippen LogP contribution < -0.4 is 10.6 Å². The highest BCUT2D eigenvalue weighted by Crippen LogP contribution is 1.92. The van der Waals surface area contributed by atoms with Crippen LogP contribution in [0, 0.1) is 0 Å². The van der Waals surface area contributed by atoms with Crippen molar-refractivity contribution in [3.8, 4) is 0 Å². The van der Waals surface area contributed by atoms with Crippen molar-refractivity contribution < 1.29 is 47.7 Å². The molecule has 0 aromatic heterocycles. The molecule has 12 heteroatoms. The van der Waals surface area contributed by atoms with Crippen LogP contribution >= 0.6 is 0 Å². The van der Waals surface area contributed by atoms with Crippen molar-refractivity contribution in [2.75, 3.05) is 59.3 Å². The van der Waals surface area contributed by atoms with Gasteiger partial charge in [-0.05, 0) is 13.3 Å². The molecule has 12 nitrogen and oxygen atoms in total. The molecule has 0 aliphatic carbocycles. The van der Waals surface area contributed by atoms with Gasteiger partial charge in [0.25, 0.3) is 0 Å². The number of rotatable bonds is 19. The molecule has 33 heavy (non-hydrogen) atoms. The summed E-state index contributed by atoms with van der Waals surface area (Å²) in [6.07, 6.45) is -0.0656. The summed E-state index contributed by atoms with van der Waals surface area (Å²) in [6, 6.07) is 0. The minimum atomic E-state index is -0.737. The molecule has 0 aliphatic rings. The van der Waals surface area contributed by atoms with Gasteiger partial charge in [-0.3, -0.25) is 19.2 Å². The standard InChI is InChI=1S/C21H34N2O10/c1-4-7-29-8-11-31-19(26)14-17(24)22-5-6-23-18(25)15-20(27)32-12-9-30-10-13-33-21(28)16(2)3/h2,4-15H2,1,3H3,(H,22,24)(H,23,25). The number of carbonyl (C=O) groups excluding carboxylic acids is 5. The molecule has 0 saturated heterocycles. The van der Waals surface area contributed by atoms with Gasteiger partial charge in [0, 0.05) is 25.3 Å². The van der Waals surface area contributed by atoms with Crippen molar-refractivity contribution in [1.82, 2.24) is 10.6 Å². The molecule has 188 valence electrons. The average Bonchev–Trinajstić information content (AvgIpc) is 2.75. The Morgan fingerprint density at radius 3 is 1.52 bits per heavy atom. The number of amides is 2. The highest BCUT2D eigenvalue weighted by atomic mass is 16.6. The van der Waals surface area contributed by atoms with E-state index in [0.717, 1.165) is 6.42 Å². The van der Waals surface area contributed by atoms with E-state index >= 15 is 0 Å². The van der Waals surface area contributed by atoms with Crippen LogP contribution in [0.1, 0.15) is 33.1 Å². The summed E-state index contributed by atoms with van der Waals surface area (Å²) in [7, 11) is 0. The molecule has 0 rings (SSSR count). The van der Waals surface area contributed by atoms with Crippen molar-refractivity contribution >= 4 is 29.7 Å². The SMILES string of the molecule is C=C(C)C(=O)OCCOCCOC(=O)CC(=O)NCCNC(=O)CC(=O)OCCOCCC. The fourth-order valence-corrected chi connectivity index (χ4v) is 1.99. The highest BCUT2D eigenvalue weighted by molar-refractivity contribution is 5.95. The Labute approximate surface area is 193 Å². The fraction of sp³-hybridized carbons (Fsp3) is 0.667. The predicted molar refractivity (Wildman–Crippen MR) is 115 cm³/mol. The van der Waals surface area contributed by atoms with E-state index in [1.54, 1.807) is 0 Å². The molecule has 0 saturated carbocycles. The van der Waals surface area contributed by atoms with Gasteiger partial charge in [0.15, 0.2) is 0 Å².